The summed E-state index contributed by atoms with van der Waals surface area (Å²) in [4.78, 5) is 0.00269. The quantitative estimate of drug-likeness (QED) is 0.776. The molecular weight excluding hydrogens is 323 g/mol. The normalized spacial score (nSPS) is 14.9. The van der Waals surface area contributed by atoms with E-state index in [9.17, 15) is 4.39 Å². The number of fused-ring (bicyclic) bond motifs is 1. The number of halogens is 2. The topological polar surface area (TPSA) is 18.5 Å². The Balaban J connectivity index is 1.94. The predicted molar refractivity (Wildman–Crippen MR) is 78.7 cm³/mol. The molecule has 1 unspecified atom stereocenters. The first-order valence-corrected chi connectivity index (χ1v) is 7.27. The summed E-state index contributed by atoms with van der Waals surface area (Å²) >= 11 is 3.67. The average molecular weight is 337 g/mol. The van der Waals surface area contributed by atoms with Crippen LogP contribution in [0.4, 0.5) is 4.39 Å². The number of hydrogen-bond acceptors (Lipinski definition) is 2. The minimum atomic E-state index is -0.349. The number of rotatable bonds is 3. The van der Waals surface area contributed by atoms with Gasteiger partial charge in [0.1, 0.15) is 0 Å². The third kappa shape index (κ3) is 2.45. The Morgan fingerprint density at radius 2 is 1.80 bits per heavy atom. The Labute approximate surface area is 125 Å². The smallest absolute Gasteiger partial charge is 0.165 e. The molecule has 0 saturated heterocycles. The molecule has 1 atom stereocenters. The second-order valence-electron chi connectivity index (χ2n) is 4.78. The van der Waals surface area contributed by atoms with Crippen LogP contribution in [0.15, 0.2) is 36.4 Å². The van der Waals surface area contributed by atoms with Gasteiger partial charge in [0.2, 0.25) is 0 Å². The average Bonchev–Trinajstić information content (AvgIpc) is 2.94. The summed E-state index contributed by atoms with van der Waals surface area (Å²) in [5.74, 6) is -0.0882. The molecule has 0 fully saturated rings. The summed E-state index contributed by atoms with van der Waals surface area (Å²) in [5, 5.41) is 0. The van der Waals surface area contributed by atoms with Gasteiger partial charge >= 0.3 is 0 Å². The molecule has 3 rings (SSSR count). The van der Waals surface area contributed by atoms with E-state index < -0.39 is 0 Å². The van der Waals surface area contributed by atoms with E-state index in [1.54, 1.807) is 12.1 Å². The molecule has 104 valence electrons. The van der Waals surface area contributed by atoms with Crippen LogP contribution in [0.2, 0.25) is 0 Å². The van der Waals surface area contributed by atoms with Crippen molar-refractivity contribution in [2.75, 3.05) is 7.11 Å². The van der Waals surface area contributed by atoms with Gasteiger partial charge in [-0.3, -0.25) is 0 Å². The zero-order chi connectivity index (χ0) is 14.1. The van der Waals surface area contributed by atoms with Gasteiger partial charge in [-0.1, -0.05) is 40.2 Å². The lowest BCUT2D eigenvalue weighted by Crippen LogP contribution is -1.97. The van der Waals surface area contributed by atoms with Crippen molar-refractivity contribution in [1.82, 2.24) is 0 Å². The molecule has 1 heterocycles. The molecule has 2 aromatic rings. The van der Waals surface area contributed by atoms with Gasteiger partial charge in [0, 0.05) is 0 Å². The van der Waals surface area contributed by atoms with E-state index in [1.165, 1.54) is 24.3 Å². The number of alkyl halides is 1. The fourth-order valence-electron chi connectivity index (χ4n) is 2.38. The molecule has 4 heteroatoms. The molecule has 0 N–H and O–H groups in total. The summed E-state index contributed by atoms with van der Waals surface area (Å²) < 4.78 is 23.9. The lowest BCUT2D eigenvalue weighted by molar-refractivity contribution is 0.134. The van der Waals surface area contributed by atoms with Gasteiger partial charge in [-0.25, -0.2) is 4.39 Å². The van der Waals surface area contributed by atoms with Crippen molar-refractivity contribution < 1.29 is 13.9 Å². The fraction of sp³-hybridized carbons (Fsp3) is 0.250. The van der Waals surface area contributed by atoms with Gasteiger partial charge < -0.3 is 9.47 Å². The molecule has 0 radical (unpaired) electrons. The zero-order valence-electron chi connectivity index (χ0n) is 11.0. The van der Waals surface area contributed by atoms with E-state index in [-0.39, 0.29) is 16.4 Å². The van der Waals surface area contributed by atoms with Crippen molar-refractivity contribution in [2.45, 2.75) is 18.0 Å². The van der Waals surface area contributed by atoms with Crippen LogP contribution in [0.3, 0.4) is 0 Å². The molecule has 1 aliphatic heterocycles. The number of hydrogen-bond donors (Lipinski definition) is 0. The van der Waals surface area contributed by atoms with E-state index >= 15 is 0 Å². The van der Waals surface area contributed by atoms with E-state index in [0.29, 0.717) is 13.2 Å². The van der Waals surface area contributed by atoms with Crippen LogP contribution in [-0.2, 0) is 18.0 Å². The van der Waals surface area contributed by atoms with Crippen LogP contribution in [-0.4, -0.2) is 7.11 Å². The largest absolute Gasteiger partial charge is 0.494 e. The maximum absolute atomic E-state index is 13.5. The van der Waals surface area contributed by atoms with Crippen LogP contribution in [0.1, 0.15) is 27.1 Å². The van der Waals surface area contributed by atoms with E-state index in [1.807, 2.05) is 0 Å². The van der Waals surface area contributed by atoms with Crippen LogP contribution in [0, 0.1) is 5.82 Å². The van der Waals surface area contributed by atoms with Crippen LogP contribution in [0.5, 0.6) is 5.75 Å². The van der Waals surface area contributed by atoms with E-state index in [2.05, 4.69) is 34.1 Å². The van der Waals surface area contributed by atoms with Crippen LogP contribution >= 0.6 is 15.9 Å². The third-order valence-corrected chi connectivity index (χ3v) is 4.56. The predicted octanol–water partition coefficient (Wildman–Crippen LogP) is 4.35. The molecule has 1 aliphatic rings. The second kappa shape index (κ2) is 5.54. The Kier molecular flexibility index (Phi) is 3.76. The second-order valence-corrected chi connectivity index (χ2v) is 5.69. The minimum Gasteiger partial charge on any atom is -0.494 e. The lowest BCUT2D eigenvalue weighted by atomic mass is 10.0. The molecular formula is C16H14BrFO2. The Morgan fingerprint density at radius 3 is 2.60 bits per heavy atom. The molecule has 2 nitrogen and oxygen atoms in total. The molecule has 0 amide bonds. The maximum Gasteiger partial charge on any atom is 0.165 e. The fourth-order valence-corrected chi connectivity index (χ4v) is 2.95. The first-order valence-electron chi connectivity index (χ1n) is 6.36. The third-order valence-electron chi connectivity index (χ3n) is 3.51. The first-order chi connectivity index (χ1) is 9.69. The zero-order valence-corrected chi connectivity index (χ0v) is 12.6. The molecule has 0 bridgehead atoms. The Morgan fingerprint density at radius 1 is 1.10 bits per heavy atom. The van der Waals surface area contributed by atoms with Crippen LogP contribution < -0.4 is 4.74 Å². The van der Waals surface area contributed by atoms with Gasteiger partial charge in [-0.05, 0) is 34.4 Å². The standard InChI is InChI=1S/C16H14BrFO2/c1-19-15-7-11(4-5-14(15)18)16(17)10-2-3-12-8-20-9-13(12)6-10/h2-7,16H,8-9H2,1H3. The maximum atomic E-state index is 13.5. The van der Waals surface area contributed by atoms with Crippen molar-refractivity contribution in [2.24, 2.45) is 0 Å². The highest BCUT2D eigenvalue weighted by atomic mass is 79.9. The summed E-state index contributed by atoms with van der Waals surface area (Å²) in [7, 11) is 1.47. The molecule has 2 aromatic carbocycles. The monoisotopic (exact) mass is 336 g/mol. The lowest BCUT2D eigenvalue weighted by Gasteiger charge is -2.13. The van der Waals surface area contributed by atoms with Gasteiger partial charge in [0.15, 0.2) is 11.6 Å². The summed E-state index contributed by atoms with van der Waals surface area (Å²) in [6.45, 7) is 1.35. The summed E-state index contributed by atoms with van der Waals surface area (Å²) in [6.07, 6.45) is 0. The first kappa shape index (κ1) is 13.6. The Bertz CT molecular complexity index is 631. The number of methoxy groups -OCH3 is 1. The highest BCUT2D eigenvalue weighted by Crippen LogP contribution is 2.35. The summed E-state index contributed by atoms with van der Waals surface area (Å²) in [5.41, 5.74) is 4.55. The van der Waals surface area contributed by atoms with Crippen molar-refractivity contribution in [3.63, 3.8) is 0 Å². The van der Waals surface area contributed by atoms with Crippen LogP contribution in [0.25, 0.3) is 0 Å². The Hall–Kier alpha value is -1.39. The molecule has 0 saturated carbocycles. The highest BCUT2D eigenvalue weighted by Gasteiger charge is 2.17. The van der Waals surface area contributed by atoms with Gasteiger partial charge in [-0.2, -0.15) is 0 Å². The van der Waals surface area contributed by atoms with E-state index in [0.717, 1.165) is 11.1 Å². The van der Waals surface area contributed by atoms with Gasteiger partial charge in [-0.15, -0.1) is 0 Å². The van der Waals surface area contributed by atoms with Crippen molar-refractivity contribution in [3.05, 3.63) is 64.5 Å². The molecule has 0 spiro atoms. The van der Waals surface area contributed by atoms with Gasteiger partial charge in [0.25, 0.3) is 0 Å². The molecule has 0 aliphatic carbocycles. The molecule has 20 heavy (non-hydrogen) atoms. The SMILES string of the molecule is COc1cc(C(Br)c2ccc3c(c2)COC3)ccc1F. The minimum absolute atomic E-state index is 0.00269. The molecule has 0 aromatic heterocycles. The number of benzene rings is 2. The van der Waals surface area contributed by atoms with Crippen molar-refractivity contribution >= 4 is 15.9 Å². The van der Waals surface area contributed by atoms with Gasteiger partial charge in [0.05, 0.1) is 25.2 Å². The highest BCUT2D eigenvalue weighted by molar-refractivity contribution is 9.09. The summed E-state index contributed by atoms with van der Waals surface area (Å²) in [6, 6.07) is 11.2. The van der Waals surface area contributed by atoms with Crippen molar-refractivity contribution in [3.8, 4) is 5.75 Å². The van der Waals surface area contributed by atoms with Crippen molar-refractivity contribution in [1.29, 1.82) is 0 Å². The number of ether oxygens (including phenoxy) is 2. The van der Waals surface area contributed by atoms with E-state index in [4.69, 9.17) is 9.47 Å².